The molecule has 0 fully saturated rings. The Kier molecular flexibility index (Phi) is 7.67. The van der Waals surface area contributed by atoms with Crippen LogP contribution in [-0.4, -0.2) is 38.6 Å². The predicted molar refractivity (Wildman–Crippen MR) is 107 cm³/mol. The summed E-state index contributed by atoms with van der Waals surface area (Å²) < 4.78 is 5.16. The first-order chi connectivity index (χ1) is 13.0. The third-order valence-electron chi connectivity index (χ3n) is 4.37. The maximum atomic E-state index is 12.4. The first-order valence-electron chi connectivity index (χ1n) is 8.98. The molecular weight excluding hydrogens is 342 g/mol. The number of primary amides is 1. The fraction of sp³-hybridized carbons (Fsp3) is 0.333. The van der Waals surface area contributed by atoms with Gasteiger partial charge in [0, 0.05) is 25.2 Å². The van der Waals surface area contributed by atoms with Crippen molar-refractivity contribution in [3.8, 4) is 5.75 Å². The zero-order valence-electron chi connectivity index (χ0n) is 15.9. The summed E-state index contributed by atoms with van der Waals surface area (Å²) >= 11 is 0. The molecule has 0 bridgehead atoms. The number of benzene rings is 2. The van der Waals surface area contributed by atoms with E-state index in [4.69, 9.17) is 10.5 Å². The largest absolute Gasteiger partial charge is 0.497 e. The van der Waals surface area contributed by atoms with Gasteiger partial charge in [0.15, 0.2) is 0 Å². The Bertz CT molecular complexity index is 732. The van der Waals surface area contributed by atoms with Crippen molar-refractivity contribution >= 4 is 17.5 Å². The Labute approximate surface area is 160 Å². The van der Waals surface area contributed by atoms with Gasteiger partial charge in [0.1, 0.15) is 5.75 Å². The molecule has 0 heterocycles. The van der Waals surface area contributed by atoms with Gasteiger partial charge in [0.25, 0.3) is 0 Å². The number of ether oxygens (including phenoxy) is 1. The number of hydrogen-bond acceptors (Lipinski definition) is 4. The lowest BCUT2D eigenvalue weighted by atomic mass is 10.0. The SMILES string of the molecule is COc1ccc(N(CCC(N)=O)CC(=O)NCC(C)c2ccccc2)cc1. The maximum absolute atomic E-state index is 12.4. The number of methoxy groups -OCH3 is 1. The molecule has 2 rings (SSSR count). The second-order valence-corrected chi connectivity index (χ2v) is 6.45. The Morgan fingerprint density at radius 2 is 1.78 bits per heavy atom. The third-order valence-corrected chi connectivity index (χ3v) is 4.37. The van der Waals surface area contributed by atoms with Crippen LogP contribution in [0, 0.1) is 0 Å². The van der Waals surface area contributed by atoms with Gasteiger partial charge >= 0.3 is 0 Å². The van der Waals surface area contributed by atoms with Crippen molar-refractivity contribution in [2.45, 2.75) is 19.3 Å². The van der Waals surface area contributed by atoms with Gasteiger partial charge in [-0.3, -0.25) is 9.59 Å². The molecule has 2 aromatic carbocycles. The zero-order valence-corrected chi connectivity index (χ0v) is 15.9. The second-order valence-electron chi connectivity index (χ2n) is 6.45. The first kappa shape index (κ1) is 20.3. The lowest BCUT2D eigenvalue weighted by Crippen LogP contribution is -2.40. The van der Waals surface area contributed by atoms with Crippen molar-refractivity contribution in [1.29, 1.82) is 0 Å². The number of rotatable bonds is 10. The van der Waals surface area contributed by atoms with E-state index in [1.807, 2.05) is 59.5 Å². The van der Waals surface area contributed by atoms with Gasteiger partial charge in [-0.2, -0.15) is 0 Å². The number of nitrogens with two attached hydrogens (primary N) is 1. The number of anilines is 1. The Morgan fingerprint density at radius 1 is 1.11 bits per heavy atom. The molecule has 6 heteroatoms. The van der Waals surface area contributed by atoms with E-state index in [1.165, 1.54) is 5.56 Å². The standard InChI is InChI=1S/C21H27N3O3/c1-16(17-6-4-3-5-7-17)14-23-21(26)15-24(13-12-20(22)25)18-8-10-19(27-2)11-9-18/h3-11,16H,12-15H2,1-2H3,(H2,22,25)(H,23,26). The Hall–Kier alpha value is -3.02. The highest BCUT2D eigenvalue weighted by Gasteiger charge is 2.14. The van der Waals surface area contributed by atoms with E-state index in [0.29, 0.717) is 13.1 Å². The molecule has 0 saturated carbocycles. The average molecular weight is 369 g/mol. The molecule has 0 saturated heterocycles. The molecule has 6 nitrogen and oxygen atoms in total. The van der Waals surface area contributed by atoms with Crippen LogP contribution in [0.3, 0.4) is 0 Å². The summed E-state index contributed by atoms with van der Waals surface area (Å²) in [6.07, 6.45) is 0.180. The smallest absolute Gasteiger partial charge is 0.239 e. The van der Waals surface area contributed by atoms with Crippen molar-refractivity contribution in [2.24, 2.45) is 5.73 Å². The Balaban J connectivity index is 1.96. The van der Waals surface area contributed by atoms with E-state index in [2.05, 4.69) is 12.2 Å². The van der Waals surface area contributed by atoms with Crippen molar-refractivity contribution in [3.63, 3.8) is 0 Å². The molecule has 0 aliphatic rings. The minimum Gasteiger partial charge on any atom is -0.497 e. The van der Waals surface area contributed by atoms with Gasteiger partial charge in [-0.15, -0.1) is 0 Å². The van der Waals surface area contributed by atoms with Crippen molar-refractivity contribution in [2.75, 3.05) is 31.6 Å². The summed E-state index contributed by atoms with van der Waals surface area (Å²) in [5.41, 5.74) is 7.29. The molecule has 0 spiro atoms. The average Bonchev–Trinajstić information content (AvgIpc) is 2.70. The molecule has 2 aromatic rings. The predicted octanol–water partition coefficient (Wildman–Crippen LogP) is 2.30. The highest BCUT2D eigenvalue weighted by atomic mass is 16.5. The number of hydrogen-bond donors (Lipinski definition) is 2. The molecule has 27 heavy (non-hydrogen) atoms. The highest BCUT2D eigenvalue weighted by Crippen LogP contribution is 2.19. The van der Waals surface area contributed by atoms with Gasteiger partial charge in [-0.05, 0) is 35.7 Å². The third kappa shape index (κ3) is 6.66. The fourth-order valence-corrected chi connectivity index (χ4v) is 2.73. The van der Waals surface area contributed by atoms with E-state index in [0.717, 1.165) is 11.4 Å². The van der Waals surface area contributed by atoms with E-state index in [1.54, 1.807) is 7.11 Å². The number of carbonyl (C=O) groups excluding carboxylic acids is 2. The van der Waals surface area contributed by atoms with Gasteiger partial charge in [0.05, 0.1) is 13.7 Å². The number of amides is 2. The minimum atomic E-state index is -0.397. The summed E-state index contributed by atoms with van der Waals surface area (Å²) in [5.74, 6) is 0.453. The quantitative estimate of drug-likeness (QED) is 0.673. The normalized spacial score (nSPS) is 11.5. The molecule has 3 N–H and O–H groups in total. The molecule has 0 aromatic heterocycles. The van der Waals surface area contributed by atoms with Crippen LogP contribution < -0.4 is 20.7 Å². The fourth-order valence-electron chi connectivity index (χ4n) is 2.73. The molecule has 144 valence electrons. The van der Waals surface area contributed by atoms with Crippen LogP contribution in [0.25, 0.3) is 0 Å². The van der Waals surface area contributed by atoms with E-state index >= 15 is 0 Å². The van der Waals surface area contributed by atoms with Gasteiger partial charge in [0.2, 0.25) is 11.8 Å². The summed E-state index contributed by atoms with van der Waals surface area (Å²) in [5, 5.41) is 2.97. The monoisotopic (exact) mass is 369 g/mol. The topological polar surface area (TPSA) is 84.7 Å². The van der Waals surface area contributed by atoms with E-state index < -0.39 is 5.91 Å². The van der Waals surface area contributed by atoms with Crippen molar-refractivity contribution in [1.82, 2.24) is 5.32 Å². The van der Waals surface area contributed by atoms with E-state index in [-0.39, 0.29) is 24.8 Å². The van der Waals surface area contributed by atoms with Crippen LogP contribution in [0.2, 0.25) is 0 Å². The van der Waals surface area contributed by atoms with Crippen LogP contribution in [0.5, 0.6) is 5.75 Å². The molecule has 1 unspecified atom stereocenters. The first-order valence-corrected chi connectivity index (χ1v) is 8.98. The van der Waals surface area contributed by atoms with E-state index in [9.17, 15) is 9.59 Å². The van der Waals surface area contributed by atoms with Gasteiger partial charge in [-0.1, -0.05) is 37.3 Å². The highest BCUT2D eigenvalue weighted by molar-refractivity contribution is 5.82. The van der Waals surface area contributed by atoms with Gasteiger partial charge in [-0.25, -0.2) is 0 Å². The zero-order chi connectivity index (χ0) is 19.6. The van der Waals surface area contributed by atoms with Crippen molar-refractivity contribution in [3.05, 3.63) is 60.2 Å². The molecule has 0 aliphatic heterocycles. The molecule has 1 atom stereocenters. The summed E-state index contributed by atoms with van der Waals surface area (Å²) in [6, 6.07) is 17.4. The van der Waals surface area contributed by atoms with Crippen molar-refractivity contribution < 1.29 is 14.3 Å². The maximum Gasteiger partial charge on any atom is 0.239 e. The summed E-state index contributed by atoms with van der Waals surface area (Å²) in [4.78, 5) is 25.4. The van der Waals surface area contributed by atoms with Crippen LogP contribution >= 0.6 is 0 Å². The Morgan fingerprint density at radius 3 is 2.37 bits per heavy atom. The lowest BCUT2D eigenvalue weighted by Gasteiger charge is -2.24. The van der Waals surface area contributed by atoms with Crippen LogP contribution in [0.15, 0.2) is 54.6 Å². The molecular formula is C21H27N3O3. The molecule has 0 aliphatic carbocycles. The van der Waals surface area contributed by atoms with Crippen LogP contribution in [0.1, 0.15) is 24.8 Å². The molecule has 0 radical (unpaired) electrons. The number of nitrogens with one attached hydrogen (secondary N) is 1. The summed E-state index contributed by atoms with van der Waals surface area (Å²) in [7, 11) is 1.60. The number of nitrogens with zero attached hydrogens (tertiary/aromatic N) is 1. The summed E-state index contributed by atoms with van der Waals surface area (Å²) in [6.45, 7) is 3.16. The second kappa shape index (κ2) is 10.2. The van der Waals surface area contributed by atoms with Crippen LogP contribution in [0.4, 0.5) is 5.69 Å². The minimum absolute atomic E-state index is 0.0990. The lowest BCUT2D eigenvalue weighted by molar-refractivity contribution is -0.120. The number of carbonyl (C=O) groups is 2. The van der Waals surface area contributed by atoms with Crippen LogP contribution in [-0.2, 0) is 9.59 Å². The molecule has 2 amide bonds. The van der Waals surface area contributed by atoms with Gasteiger partial charge < -0.3 is 20.7 Å².